The van der Waals surface area contributed by atoms with Gasteiger partial charge in [0.25, 0.3) is 0 Å². The molecule has 0 saturated carbocycles. The summed E-state index contributed by atoms with van der Waals surface area (Å²) in [5.74, 6) is -0.518. The Bertz CT molecular complexity index is 1040. The lowest BCUT2D eigenvalue weighted by atomic mass is 10.1. The van der Waals surface area contributed by atoms with Gasteiger partial charge >= 0.3 is 11.9 Å². The van der Waals surface area contributed by atoms with Gasteiger partial charge in [-0.15, -0.1) is 11.3 Å². The zero-order valence-electron chi connectivity index (χ0n) is 17.7. The van der Waals surface area contributed by atoms with Gasteiger partial charge in [-0.3, -0.25) is 4.79 Å². The molecule has 0 aliphatic carbocycles. The van der Waals surface area contributed by atoms with E-state index in [1.54, 1.807) is 13.0 Å². The monoisotopic (exact) mass is 459 g/mol. The van der Waals surface area contributed by atoms with Crippen molar-refractivity contribution in [3.8, 4) is 5.75 Å². The highest BCUT2D eigenvalue weighted by atomic mass is 32.1. The second kappa shape index (κ2) is 10.7. The van der Waals surface area contributed by atoms with Crippen molar-refractivity contribution in [1.29, 1.82) is 0 Å². The van der Waals surface area contributed by atoms with Gasteiger partial charge < -0.3 is 14.4 Å². The molecule has 0 aliphatic rings. The van der Waals surface area contributed by atoms with E-state index in [1.165, 1.54) is 11.3 Å². The number of rotatable bonds is 10. The number of ether oxygens (including phenoxy) is 1. The Morgan fingerprint density at radius 1 is 1.13 bits per heavy atom. The molecule has 31 heavy (non-hydrogen) atoms. The molecule has 1 aromatic heterocycles. The van der Waals surface area contributed by atoms with E-state index in [0.717, 1.165) is 22.1 Å². The number of para-hydroxylation sites is 1. The van der Waals surface area contributed by atoms with Crippen molar-refractivity contribution >= 4 is 41.7 Å². The van der Waals surface area contributed by atoms with Crippen molar-refractivity contribution in [3.05, 3.63) is 65.0 Å². The zero-order valence-corrected chi connectivity index (χ0v) is 19.4. The van der Waals surface area contributed by atoms with Crippen LogP contribution < -0.4 is 9.61 Å². The molecule has 0 radical (unpaired) electrons. The molecule has 0 fully saturated rings. The largest absolute Gasteiger partial charge is 0.477 e. The second-order valence-corrected chi connectivity index (χ2v) is 10.1. The number of esters is 1. The maximum absolute atomic E-state index is 12.3. The number of hydrogen-bond acceptors (Lipinski definition) is 6. The number of carboxylic acids is 1. The number of carboxylic acid groups (broad SMARTS) is 1. The first-order valence-corrected chi connectivity index (χ1v) is 12.3. The Labute approximate surface area is 187 Å². The van der Waals surface area contributed by atoms with Crippen LogP contribution in [0.15, 0.2) is 54.6 Å². The van der Waals surface area contributed by atoms with Crippen LogP contribution in [0, 0.1) is 0 Å². The summed E-state index contributed by atoms with van der Waals surface area (Å²) in [6.45, 7) is 6.15. The molecule has 164 valence electrons. The number of fused-ring (bicyclic) bond motifs is 1. The molecule has 3 unspecified atom stereocenters. The Morgan fingerprint density at radius 3 is 2.55 bits per heavy atom. The number of carbonyl (C=O) groups is 2. The van der Waals surface area contributed by atoms with Crippen molar-refractivity contribution < 1.29 is 24.0 Å². The van der Waals surface area contributed by atoms with E-state index in [2.05, 4.69) is 5.09 Å². The molecule has 3 aromatic rings. The fourth-order valence-corrected chi connectivity index (χ4v) is 5.53. The molecule has 6 nitrogen and oxygen atoms in total. The Morgan fingerprint density at radius 2 is 1.87 bits per heavy atom. The van der Waals surface area contributed by atoms with Crippen LogP contribution in [0.25, 0.3) is 10.1 Å². The molecule has 8 heteroatoms. The number of benzene rings is 2. The minimum Gasteiger partial charge on any atom is -0.477 e. The molecule has 3 atom stereocenters. The molecule has 0 saturated heterocycles. The molecular weight excluding hydrogens is 433 g/mol. The van der Waals surface area contributed by atoms with Gasteiger partial charge in [-0.05, 0) is 61.5 Å². The van der Waals surface area contributed by atoms with Crippen LogP contribution in [0.1, 0.15) is 48.1 Å². The molecular formula is C23H26NO5PS. The number of thiophene rings is 1. The van der Waals surface area contributed by atoms with Crippen LogP contribution in [-0.2, 0) is 9.53 Å². The molecule has 3 rings (SSSR count). The summed E-state index contributed by atoms with van der Waals surface area (Å²) >= 11 is 1.26. The fraction of sp³-hybridized carbons (Fsp3) is 0.304. The lowest BCUT2D eigenvalue weighted by Gasteiger charge is -2.28. The Kier molecular flexibility index (Phi) is 8.02. The van der Waals surface area contributed by atoms with Gasteiger partial charge in [0, 0.05) is 4.70 Å². The topological polar surface area (TPSA) is 84.9 Å². The molecule has 1 heterocycles. The number of aromatic carboxylic acids is 1. The maximum atomic E-state index is 12.3. The lowest BCUT2D eigenvalue weighted by molar-refractivity contribution is -0.145. The fourth-order valence-electron chi connectivity index (χ4n) is 2.95. The van der Waals surface area contributed by atoms with Crippen LogP contribution in [-0.4, -0.2) is 29.7 Å². The van der Waals surface area contributed by atoms with Crippen LogP contribution in [0.3, 0.4) is 0 Å². The summed E-state index contributed by atoms with van der Waals surface area (Å²) < 4.78 is 12.5. The normalized spacial score (nSPS) is 14.0. The van der Waals surface area contributed by atoms with Crippen LogP contribution in [0.4, 0.5) is 0 Å². The van der Waals surface area contributed by atoms with Gasteiger partial charge in [-0.1, -0.05) is 31.2 Å². The van der Waals surface area contributed by atoms with Crippen molar-refractivity contribution in [2.24, 2.45) is 0 Å². The minimum absolute atomic E-state index is 0.0609. The van der Waals surface area contributed by atoms with Crippen molar-refractivity contribution in [1.82, 2.24) is 5.09 Å². The summed E-state index contributed by atoms with van der Waals surface area (Å²) in [4.78, 5) is 23.9. The van der Waals surface area contributed by atoms with E-state index in [9.17, 15) is 14.7 Å². The van der Waals surface area contributed by atoms with Crippen molar-refractivity contribution in [2.75, 3.05) is 6.61 Å². The van der Waals surface area contributed by atoms with Gasteiger partial charge in [-0.2, -0.15) is 0 Å². The van der Waals surface area contributed by atoms with Crippen LogP contribution in [0.2, 0.25) is 0 Å². The summed E-state index contributed by atoms with van der Waals surface area (Å²) in [6.07, 6.45) is 0.767. The lowest BCUT2D eigenvalue weighted by Crippen LogP contribution is -2.34. The molecule has 2 aromatic carbocycles. The van der Waals surface area contributed by atoms with Gasteiger partial charge in [-0.25, -0.2) is 9.88 Å². The highest BCUT2D eigenvalue weighted by molar-refractivity contribution is 7.51. The van der Waals surface area contributed by atoms with E-state index in [-0.39, 0.29) is 11.6 Å². The van der Waals surface area contributed by atoms with Crippen molar-refractivity contribution in [3.63, 3.8) is 0 Å². The smallest absolute Gasteiger partial charge is 0.345 e. The Hall–Kier alpha value is -2.47. The first-order chi connectivity index (χ1) is 14.9. The number of carbonyl (C=O) groups excluding carboxylic acids is 1. The predicted molar refractivity (Wildman–Crippen MR) is 125 cm³/mol. The summed E-state index contributed by atoms with van der Waals surface area (Å²) in [5.41, 5.74) is 0.945. The molecule has 2 N–H and O–H groups in total. The Balaban J connectivity index is 1.85. The highest BCUT2D eigenvalue weighted by Gasteiger charge is 2.27. The van der Waals surface area contributed by atoms with Crippen LogP contribution in [0.5, 0.6) is 5.75 Å². The second-order valence-electron chi connectivity index (χ2n) is 7.14. The third-order valence-electron chi connectivity index (χ3n) is 4.66. The predicted octanol–water partition coefficient (Wildman–Crippen LogP) is 5.98. The van der Waals surface area contributed by atoms with E-state index < -0.39 is 20.3 Å². The summed E-state index contributed by atoms with van der Waals surface area (Å²) in [5, 5.41) is 13.5. The highest BCUT2D eigenvalue weighted by Crippen LogP contribution is 2.49. The standard InChI is InChI=1S/C23H26NO5PS/c1-4-12-28-23(27)15(2)24-30(29-19-8-6-5-7-9-19)16(3)17-10-11-20-18(13-17)14-21(31-20)22(25)26/h5-11,13-16,24H,4,12H2,1-3H3,(H,25,26). The van der Waals surface area contributed by atoms with Gasteiger partial charge in [0.05, 0.1) is 12.3 Å². The van der Waals surface area contributed by atoms with Crippen LogP contribution >= 0.6 is 19.6 Å². The van der Waals surface area contributed by atoms with Gasteiger partial charge in [0.15, 0.2) is 8.30 Å². The summed E-state index contributed by atoms with van der Waals surface area (Å²) in [7, 11) is -1.29. The van der Waals surface area contributed by atoms with Crippen molar-refractivity contribution in [2.45, 2.75) is 38.9 Å². The molecule has 0 aliphatic heterocycles. The third-order valence-corrected chi connectivity index (χ3v) is 7.81. The first-order valence-electron chi connectivity index (χ1n) is 10.1. The van der Waals surface area contributed by atoms with E-state index in [1.807, 2.05) is 62.4 Å². The average Bonchev–Trinajstić information content (AvgIpc) is 3.21. The molecule has 0 spiro atoms. The minimum atomic E-state index is -1.29. The van der Waals surface area contributed by atoms with E-state index in [4.69, 9.17) is 9.26 Å². The number of nitrogens with one attached hydrogen (secondary N) is 1. The average molecular weight is 460 g/mol. The molecule has 0 bridgehead atoms. The maximum Gasteiger partial charge on any atom is 0.345 e. The van der Waals surface area contributed by atoms with E-state index >= 15 is 0 Å². The van der Waals surface area contributed by atoms with Gasteiger partial charge in [0.2, 0.25) is 0 Å². The zero-order chi connectivity index (χ0) is 22.4. The molecule has 0 amide bonds. The summed E-state index contributed by atoms with van der Waals surface area (Å²) in [6, 6.07) is 16.6. The van der Waals surface area contributed by atoms with E-state index in [0.29, 0.717) is 17.2 Å². The first kappa shape index (κ1) is 23.2. The third kappa shape index (κ3) is 6.03. The SMILES string of the molecule is CCCOC(=O)C(C)NP(Oc1ccccc1)C(C)c1ccc2sc(C(=O)O)cc2c1. The quantitative estimate of drug-likeness (QED) is 0.286. The number of hydrogen-bond donors (Lipinski definition) is 2. The van der Waals surface area contributed by atoms with Gasteiger partial charge in [0.1, 0.15) is 16.7 Å².